The summed E-state index contributed by atoms with van der Waals surface area (Å²) >= 11 is 6.21. The quantitative estimate of drug-likeness (QED) is 0.623. The van der Waals surface area contributed by atoms with Crippen LogP contribution in [0.15, 0.2) is 48.5 Å². The number of benzene rings is 2. The Morgan fingerprint density at radius 3 is 2.39 bits per heavy atom. The van der Waals surface area contributed by atoms with Crippen LogP contribution >= 0.6 is 11.6 Å². The van der Waals surface area contributed by atoms with Gasteiger partial charge in [0.05, 0.1) is 7.11 Å². The Bertz CT molecular complexity index is 804. The lowest BCUT2D eigenvalue weighted by Crippen LogP contribution is -2.45. The molecule has 0 aliphatic rings. The lowest BCUT2D eigenvalue weighted by molar-refractivity contribution is -0.122. The van der Waals surface area contributed by atoms with Crippen molar-refractivity contribution in [1.29, 1.82) is 0 Å². The molecule has 0 saturated carbocycles. The van der Waals surface area contributed by atoms with Crippen LogP contribution in [0.2, 0.25) is 5.02 Å². The zero-order valence-electron chi connectivity index (χ0n) is 16.5. The third-order valence-corrected chi connectivity index (χ3v) is 4.66. The molecule has 6 heteroatoms. The van der Waals surface area contributed by atoms with Crippen LogP contribution in [0.1, 0.15) is 42.6 Å². The Morgan fingerprint density at radius 1 is 1.07 bits per heavy atom. The highest BCUT2D eigenvalue weighted by atomic mass is 35.5. The SMILES string of the molecule is COc1ccc(C(=O)NCCCC(=O)NC(C)(C)Cc2ccccc2Cl)cc1. The molecular weight excluding hydrogens is 376 g/mol. The molecule has 0 saturated heterocycles. The molecule has 0 fully saturated rings. The minimum atomic E-state index is -0.408. The highest BCUT2D eigenvalue weighted by Gasteiger charge is 2.21. The van der Waals surface area contributed by atoms with Gasteiger partial charge in [-0.05, 0) is 62.6 Å². The number of hydrogen-bond acceptors (Lipinski definition) is 3. The van der Waals surface area contributed by atoms with E-state index in [1.165, 1.54) is 0 Å². The number of carbonyl (C=O) groups excluding carboxylic acids is 2. The molecule has 2 aromatic carbocycles. The van der Waals surface area contributed by atoms with Crippen molar-refractivity contribution >= 4 is 23.4 Å². The molecule has 5 nitrogen and oxygen atoms in total. The highest BCUT2D eigenvalue weighted by Crippen LogP contribution is 2.21. The van der Waals surface area contributed by atoms with Gasteiger partial charge >= 0.3 is 0 Å². The minimum absolute atomic E-state index is 0.0456. The second-order valence-electron chi connectivity index (χ2n) is 7.29. The van der Waals surface area contributed by atoms with Crippen LogP contribution in [0, 0.1) is 0 Å². The van der Waals surface area contributed by atoms with Gasteiger partial charge in [0.25, 0.3) is 5.91 Å². The first-order valence-electron chi connectivity index (χ1n) is 9.27. The number of ether oxygens (including phenoxy) is 1. The van der Waals surface area contributed by atoms with Gasteiger partial charge in [0, 0.05) is 29.1 Å². The molecule has 2 N–H and O–H groups in total. The fourth-order valence-corrected chi connectivity index (χ4v) is 3.10. The maximum absolute atomic E-state index is 12.2. The van der Waals surface area contributed by atoms with Crippen LogP contribution in [0.5, 0.6) is 5.75 Å². The van der Waals surface area contributed by atoms with Crippen molar-refractivity contribution < 1.29 is 14.3 Å². The van der Waals surface area contributed by atoms with Crippen LogP contribution in [-0.4, -0.2) is 31.0 Å². The molecule has 2 amide bonds. The van der Waals surface area contributed by atoms with Gasteiger partial charge in [0.15, 0.2) is 0 Å². The molecule has 0 bridgehead atoms. The van der Waals surface area contributed by atoms with E-state index < -0.39 is 5.54 Å². The molecule has 2 rings (SSSR count). The molecule has 0 aromatic heterocycles. The van der Waals surface area contributed by atoms with E-state index in [1.807, 2.05) is 38.1 Å². The van der Waals surface area contributed by atoms with Gasteiger partial charge in [-0.25, -0.2) is 0 Å². The Hall–Kier alpha value is -2.53. The first-order valence-corrected chi connectivity index (χ1v) is 9.65. The summed E-state index contributed by atoms with van der Waals surface area (Å²) in [6.45, 7) is 4.38. The lowest BCUT2D eigenvalue weighted by atomic mass is 9.94. The van der Waals surface area contributed by atoms with Crippen LogP contribution in [0.25, 0.3) is 0 Å². The summed E-state index contributed by atoms with van der Waals surface area (Å²) in [7, 11) is 1.58. The summed E-state index contributed by atoms with van der Waals surface area (Å²) in [4.78, 5) is 24.3. The normalized spacial score (nSPS) is 11.0. The van der Waals surface area contributed by atoms with E-state index in [-0.39, 0.29) is 11.8 Å². The van der Waals surface area contributed by atoms with Crippen LogP contribution in [0.4, 0.5) is 0 Å². The molecule has 150 valence electrons. The van der Waals surface area contributed by atoms with Gasteiger partial charge in [-0.3, -0.25) is 9.59 Å². The smallest absolute Gasteiger partial charge is 0.251 e. The van der Waals surface area contributed by atoms with Crippen LogP contribution in [0.3, 0.4) is 0 Å². The summed E-state index contributed by atoms with van der Waals surface area (Å²) in [5.74, 6) is 0.491. The lowest BCUT2D eigenvalue weighted by Gasteiger charge is -2.27. The maximum Gasteiger partial charge on any atom is 0.251 e. The number of halogens is 1. The largest absolute Gasteiger partial charge is 0.497 e. The molecular formula is C22H27ClN2O3. The molecule has 0 aliphatic carbocycles. The first-order chi connectivity index (χ1) is 13.3. The predicted molar refractivity (Wildman–Crippen MR) is 112 cm³/mol. The topological polar surface area (TPSA) is 67.4 Å². The van der Waals surface area contributed by atoms with Crippen molar-refractivity contribution in [1.82, 2.24) is 10.6 Å². The summed E-state index contributed by atoms with van der Waals surface area (Å²) < 4.78 is 5.07. The number of amides is 2. The van der Waals surface area contributed by atoms with E-state index in [2.05, 4.69) is 10.6 Å². The molecule has 0 aliphatic heterocycles. The Labute approximate surface area is 171 Å². The standard InChI is InChI=1S/C22H27ClN2O3/c1-22(2,15-17-7-4-5-8-19(17)23)25-20(26)9-6-14-24-21(27)16-10-12-18(28-3)13-11-16/h4-5,7-8,10-13H,6,9,14-15H2,1-3H3,(H,24,27)(H,25,26). The van der Waals surface area contributed by atoms with E-state index in [1.54, 1.807) is 31.4 Å². The molecule has 0 unspecified atom stereocenters. The van der Waals surface area contributed by atoms with Crippen molar-refractivity contribution in [3.8, 4) is 5.75 Å². The van der Waals surface area contributed by atoms with E-state index in [4.69, 9.17) is 16.3 Å². The Balaban J connectivity index is 1.72. The third-order valence-electron chi connectivity index (χ3n) is 4.29. The average Bonchev–Trinajstić information content (AvgIpc) is 2.66. The third kappa shape index (κ3) is 6.89. The van der Waals surface area contributed by atoms with E-state index in [0.717, 1.165) is 5.56 Å². The summed E-state index contributed by atoms with van der Waals surface area (Å²) in [5.41, 5.74) is 1.15. The van der Waals surface area contributed by atoms with Gasteiger partial charge < -0.3 is 15.4 Å². The number of methoxy groups -OCH3 is 1. The molecule has 0 atom stereocenters. The molecule has 2 aromatic rings. The number of hydrogen-bond donors (Lipinski definition) is 2. The van der Waals surface area contributed by atoms with Crippen molar-refractivity contribution in [2.24, 2.45) is 0 Å². The second-order valence-corrected chi connectivity index (χ2v) is 7.70. The van der Waals surface area contributed by atoms with Crippen molar-refractivity contribution in [2.75, 3.05) is 13.7 Å². The zero-order valence-corrected chi connectivity index (χ0v) is 17.3. The Kier molecular flexibility index (Phi) is 7.88. The highest BCUT2D eigenvalue weighted by molar-refractivity contribution is 6.31. The van der Waals surface area contributed by atoms with Gasteiger partial charge in [0.2, 0.25) is 5.91 Å². The van der Waals surface area contributed by atoms with Crippen molar-refractivity contribution in [3.05, 3.63) is 64.7 Å². The fourth-order valence-electron chi connectivity index (χ4n) is 2.90. The van der Waals surface area contributed by atoms with Crippen molar-refractivity contribution in [3.63, 3.8) is 0 Å². The molecule has 0 radical (unpaired) electrons. The predicted octanol–water partition coefficient (Wildman–Crippen LogP) is 4.00. The number of carbonyl (C=O) groups is 2. The van der Waals surface area contributed by atoms with E-state index in [9.17, 15) is 9.59 Å². The van der Waals surface area contributed by atoms with E-state index >= 15 is 0 Å². The molecule has 0 spiro atoms. The maximum atomic E-state index is 12.2. The Morgan fingerprint density at radius 2 is 1.75 bits per heavy atom. The molecule has 0 heterocycles. The van der Waals surface area contributed by atoms with Gasteiger partial charge in [-0.2, -0.15) is 0 Å². The summed E-state index contributed by atoms with van der Waals surface area (Å²) in [6, 6.07) is 14.5. The second kappa shape index (κ2) is 10.1. The summed E-state index contributed by atoms with van der Waals surface area (Å²) in [6.07, 6.45) is 1.55. The van der Waals surface area contributed by atoms with Crippen LogP contribution in [-0.2, 0) is 11.2 Å². The number of rotatable bonds is 9. The fraction of sp³-hybridized carbons (Fsp3) is 0.364. The summed E-state index contributed by atoms with van der Waals surface area (Å²) in [5, 5.41) is 6.57. The number of nitrogens with one attached hydrogen (secondary N) is 2. The van der Waals surface area contributed by atoms with Crippen molar-refractivity contribution in [2.45, 2.75) is 38.6 Å². The first kappa shape index (κ1) is 21.8. The van der Waals surface area contributed by atoms with Crippen LogP contribution < -0.4 is 15.4 Å². The average molecular weight is 403 g/mol. The van der Waals surface area contributed by atoms with Gasteiger partial charge in [-0.1, -0.05) is 29.8 Å². The van der Waals surface area contributed by atoms with Gasteiger partial charge in [0.1, 0.15) is 5.75 Å². The van der Waals surface area contributed by atoms with Gasteiger partial charge in [-0.15, -0.1) is 0 Å². The minimum Gasteiger partial charge on any atom is -0.497 e. The molecule has 28 heavy (non-hydrogen) atoms. The monoisotopic (exact) mass is 402 g/mol. The van der Waals surface area contributed by atoms with E-state index in [0.29, 0.717) is 42.1 Å². The zero-order chi connectivity index (χ0) is 20.6.